The van der Waals surface area contributed by atoms with Crippen molar-refractivity contribution in [3.8, 4) is 22.9 Å². The molecule has 0 saturated heterocycles. The number of benzene rings is 3. The van der Waals surface area contributed by atoms with Crippen molar-refractivity contribution >= 4 is 18.1 Å². The largest absolute Gasteiger partial charge is 0.489 e. The lowest BCUT2D eigenvalue weighted by atomic mass is 10.2. The molecule has 0 atom stereocenters. The normalized spacial score (nSPS) is 10.5. The van der Waals surface area contributed by atoms with Crippen LogP contribution in [0.25, 0.3) is 11.4 Å². The van der Waals surface area contributed by atoms with Gasteiger partial charge in [0.15, 0.2) is 5.82 Å². The summed E-state index contributed by atoms with van der Waals surface area (Å²) in [4.78, 5) is 34.5. The van der Waals surface area contributed by atoms with Gasteiger partial charge in [-0.15, -0.1) is 0 Å². The molecule has 3 aromatic carbocycles. The predicted octanol–water partition coefficient (Wildman–Crippen LogP) is 4.53. The Kier molecular flexibility index (Phi) is 7.65. The standard InChI is InChI=1S/C28H28N4O4/c1-31(2)28(34)25-27(32(3)19-33)30-26(29-25)22-14-23(35-17-20-10-6-4-7-11-20)16-24(15-22)36-18-21-12-8-5-9-13-21/h4-16,19H,17-18H2,1-3H3,(H,29,30). The first-order valence-electron chi connectivity index (χ1n) is 11.4. The van der Waals surface area contributed by atoms with Crippen LogP contribution >= 0.6 is 0 Å². The van der Waals surface area contributed by atoms with Crippen LogP contribution in [-0.2, 0) is 18.0 Å². The molecular formula is C28H28N4O4. The maximum atomic E-state index is 12.7. The second kappa shape index (κ2) is 11.2. The van der Waals surface area contributed by atoms with Crippen LogP contribution in [0.4, 0.5) is 5.82 Å². The van der Waals surface area contributed by atoms with E-state index in [1.54, 1.807) is 21.1 Å². The summed E-state index contributed by atoms with van der Waals surface area (Å²) in [5.74, 6) is 1.53. The van der Waals surface area contributed by atoms with E-state index in [1.165, 1.54) is 9.80 Å². The molecular weight excluding hydrogens is 456 g/mol. The van der Waals surface area contributed by atoms with Crippen molar-refractivity contribution in [3.63, 3.8) is 0 Å². The number of aromatic nitrogens is 2. The summed E-state index contributed by atoms with van der Waals surface area (Å²) in [7, 11) is 4.83. The third-order valence-corrected chi connectivity index (χ3v) is 5.45. The summed E-state index contributed by atoms with van der Waals surface area (Å²) >= 11 is 0. The van der Waals surface area contributed by atoms with Gasteiger partial charge in [-0.1, -0.05) is 60.7 Å². The molecule has 184 valence electrons. The van der Waals surface area contributed by atoms with Crippen LogP contribution in [0.2, 0.25) is 0 Å². The van der Waals surface area contributed by atoms with E-state index in [0.29, 0.717) is 42.5 Å². The Labute approximate surface area is 210 Å². The molecule has 0 unspecified atom stereocenters. The average Bonchev–Trinajstić information content (AvgIpc) is 3.36. The van der Waals surface area contributed by atoms with Crippen molar-refractivity contribution in [1.29, 1.82) is 0 Å². The number of hydrogen-bond donors (Lipinski definition) is 1. The SMILES string of the molecule is CN(C)C(=O)c1[nH]c(-c2cc(OCc3ccccc3)cc(OCc3ccccc3)c2)nc1N(C)C=O. The zero-order chi connectivity index (χ0) is 25.5. The molecule has 0 fully saturated rings. The third-order valence-electron chi connectivity index (χ3n) is 5.45. The topological polar surface area (TPSA) is 87.8 Å². The molecule has 0 spiro atoms. The second-order valence-corrected chi connectivity index (χ2v) is 8.44. The average molecular weight is 485 g/mol. The van der Waals surface area contributed by atoms with E-state index in [4.69, 9.17) is 9.47 Å². The van der Waals surface area contributed by atoms with Crippen LogP contribution in [0.1, 0.15) is 21.6 Å². The number of hydrogen-bond acceptors (Lipinski definition) is 5. The number of imidazole rings is 1. The van der Waals surface area contributed by atoms with Gasteiger partial charge in [0.25, 0.3) is 5.91 Å². The number of nitrogens with one attached hydrogen (secondary N) is 1. The maximum absolute atomic E-state index is 12.7. The highest BCUT2D eigenvalue weighted by atomic mass is 16.5. The van der Waals surface area contributed by atoms with E-state index in [2.05, 4.69) is 9.97 Å². The van der Waals surface area contributed by atoms with Crippen LogP contribution in [-0.4, -0.2) is 48.3 Å². The lowest BCUT2D eigenvalue weighted by Crippen LogP contribution is -2.25. The van der Waals surface area contributed by atoms with Crippen molar-refractivity contribution in [3.05, 3.63) is 95.7 Å². The van der Waals surface area contributed by atoms with Crippen molar-refractivity contribution in [1.82, 2.24) is 14.9 Å². The molecule has 0 saturated carbocycles. The number of carbonyl (C=O) groups excluding carboxylic acids is 2. The molecule has 2 amide bonds. The van der Waals surface area contributed by atoms with Gasteiger partial charge in [-0.05, 0) is 23.3 Å². The number of aromatic amines is 1. The molecule has 1 heterocycles. The molecule has 36 heavy (non-hydrogen) atoms. The molecule has 1 N–H and O–H groups in total. The molecule has 0 aliphatic carbocycles. The van der Waals surface area contributed by atoms with E-state index >= 15 is 0 Å². The van der Waals surface area contributed by atoms with Crippen molar-refractivity contribution in [2.75, 3.05) is 26.0 Å². The number of carbonyl (C=O) groups is 2. The number of rotatable bonds is 10. The molecule has 0 radical (unpaired) electrons. The van der Waals surface area contributed by atoms with Crippen LogP contribution in [0.5, 0.6) is 11.5 Å². The van der Waals surface area contributed by atoms with E-state index in [9.17, 15) is 9.59 Å². The van der Waals surface area contributed by atoms with Gasteiger partial charge in [0, 0.05) is 32.8 Å². The zero-order valence-electron chi connectivity index (χ0n) is 20.5. The minimum absolute atomic E-state index is 0.215. The summed E-state index contributed by atoms with van der Waals surface area (Å²) in [6, 6.07) is 25.2. The van der Waals surface area contributed by atoms with Gasteiger partial charge in [0.1, 0.15) is 36.2 Å². The molecule has 8 heteroatoms. The Bertz CT molecular complexity index is 1260. The van der Waals surface area contributed by atoms with E-state index in [-0.39, 0.29) is 17.4 Å². The highest BCUT2D eigenvalue weighted by molar-refractivity contribution is 5.99. The molecule has 0 bridgehead atoms. The van der Waals surface area contributed by atoms with Gasteiger partial charge in [-0.2, -0.15) is 0 Å². The lowest BCUT2D eigenvalue weighted by molar-refractivity contribution is -0.107. The Balaban J connectivity index is 1.69. The van der Waals surface area contributed by atoms with Crippen molar-refractivity contribution < 1.29 is 19.1 Å². The number of ether oxygens (including phenoxy) is 2. The molecule has 4 rings (SSSR count). The first-order chi connectivity index (χ1) is 17.4. The minimum atomic E-state index is -0.297. The van der Waals surface area contributed by atoms with Gasteiger partial charge in [-0.25, -0.2) is 4.98 Å². The smallest absolute Gasteiger partial charge is 0.273 e. The third kappa shape index (κ3) is 5.90. The highest BCUT2D eigenvalue weighted by Gasteiger charge is 2.23. The van der Waals surface area contributed by atoms with Gasteiger partial charge in [0.05, 0.1) is 0 Å². The Morgan fingerprint density at radius 3 is 1.86 bits per heavy atom. The second-order valence-electron chi connectivity index (χ2n) is 8.44. The van der Waals surface area contributed by atoms with E-state index in [1.807, 2.05) is 78.9 Å². The van der Waals surface area contributed by atoms with Gasteiger partial charge in [0.2, 0.25) is 6.41 Å². The summed E-state index contributed by atoms with van der Waals surface area (Å²) in [6.07, 6.45) is 0.611. The predicted molar refractivity (Wildman–Crippen MR) is 138 cm³/mol. The number of nitrogens with zero attached hydrogens (tertiary/aromatic N) is 3. The van der Waals surface area contributed by atoms with Crippen LogP contribution in [0, 0.1) is 0 Å². The zero-order valence-corrected chi connectivity index (χ0v) is 20.5. The van der Waals surface area contributed by atoms with E-state index in [0.717, 1.165) is 11.1 Å². The Hall–Kier alpha value is -4.59. The first-order valence-corrected chi connectivity index (χ1v) is 11.4. The molecule has 0 aliphatic rings. The van der Waals surface area contributed by atoms with Gasteiger partial charge in [-0.3, -0.25) is 9.59 Å². The molecule has 1 aromatic heterocycles. The maximum Gasteiger partial charge on any atom is 0.273 e. The fourth-order valence-corrected chi connectivity index (χ4v) is 3.54. The number of H-pyrrole nitrogens is 1. The van der Waals surface area contributed by atoms with Crippen molar-refractivity contribution in [2.24, 2.45) is 0 Å². The Morgan fingerprint density at radius 2 is 1.39 bits per heavy atom. The summed E-state index contributed by atoms with van der Waals surface area (Å²) in [5.41, 5.74) is 2.93. The van der Waals surface area contributed by atoms with E-state index < -0.39 is 0 Å². The number of amides is 2. The highest BCUT2D eigenvalue weighted by Crippen LogP contribution is 2.32. The Morgan fingerprint density at radius 1 is 0.861 bits per heavy atom. The van der Waals surface area contributed by atoms with Gasteiger partial charge < -0.3 is 24.3 Å². The first kappa shape index (κ1) is 24.5. The van der Waals surface area contributed by atoms with Gasteiger partial charge >= 0.3 is 0 Å². The summed E-state index contributed by atoms with van der Waals surface area (Å²) in [5, 5.41) is 0. The van der Waals surface area contributed by atoms with Crippen LogP contribution < -0.4 is 14.4 Å². The minimum Gasteiger partial charge on any atom is -0.489 e. The lowest BCUT2D eigenvalue weighted by Gasteiger charge is -2.12. The molecule has 4 aromatic rings. The summed E-state index contributed by atoms with van der Waals surface area (Å²) in [6.45, 7) is 0.758. The molecule has 8 nitrogen and oxygen atoms in total. The monoisotopic (exact) mass is 484 g/mol. The van der Waals surface area contributed by atoms with Crippen LogP contribution in [0.15, 0.2) is 78.9 Å². The fourth-order valence-electron chi connectivity index (χ4n) is 3.54. The molecule has 0 aliphatic heterocycles. The fraction of sp³-hybridized carbons (Fsp3) is 0.179. The number of anilines is 1. The quantitative estimate of drug-likeness (QED) is 0.334. The van der Waals surface area contributed by atoms with Crippen molar-refractivity contribution in [2.45, 2.75) is 13.2 Å². The van der Waals surface area contributed by atoms with Crippen LogP contribution in [0.3, 0.4) is 0 Å². The summed E-state index contributed by atoms with van der Waals surface area (Å²) < 4.78 is 12.1.